The normalized spacial score (nSPS) is 19.4. The molecule has 1 atom stereocenters. The largest absolute Gasteiger partial charge is 0.393 e. The van der Waals surface area contributed by atoms with Crippen LogP contribution in [0, 0.1) is 5.92 Å². The van der Waals surface area contributed by atoms with Crippen molar-refractivity contribution in [2.45, 2.75) is 39.0 Å². The zero-order chi connectivity index (χ0) is 11.3. The van der Waals surface area contributed by atoms with E-state index < -0.39 is 0 Å². The van der Waals surface area contributed by atoms with Gasteiger partial charge in [-0.1, -0.05) is 32.0 Å². The van der Waals surface area contributed by atoms with Gasteiger partial charge >= 0.3 is 0 Å². The summed E-state index contributed by atoms with van der Waals surface area (Å²) in [6, 6.07) is 0. The Morgan fingerprint density at radius 2 is 1.87 bits per heavy atom. The van der Waals surface area contributed by atoms with E-state index in [0.29, 0.717) is 11.4 Å². The number of hydrogen-bond donors (Lipinski definition) is 1. The van der Waals surface area contributed by atoms with E-state index in [2.05, 4.69) is 0 Å². The van der Waals surface area contributed by atoms with Crippen LogP contribution in [0.5, 0.6) is 0 Å². The van der Waals surface area contributed by atoms with Crippen LogP contribution in [0.25, 0.3) is 0 Å². The average molecular weight is 228 g/mol. The molecule has 0 aromatic heterocycles. The SMILES string of the molecule is CCC(C(=O)N1CCCCCC1)C(N)=S. The topological polar surface area (TPSA) is 46.3 Å². The fourth-order valence-electron chi connectivity index (χ4n) is 2.01. The van der Waals surface area contributed by atoms with E-state index in [-0.39, 0.29) is 11.8 Å². The molecule has 86 valence electrons. The quantitative estimate of drug-likeness (QED) is 0.748. The summed E-state index contributed by atoms with van der Waals surface area (Å²) in [6.45, 7) is 3.70. The van der Waals surface area contributed by atoms with Gasteiger partial charge < -0.3 is 10.6 Å². The van der Waals surface area contributed by atoms with E-state index in [1.54, 1.807) is 0 Å². The van der Waals surface area contributed by atoms with Gasteiger partial charge in [0.05, 0.1) is 10.9 Å². The first-order valence-electron chi connectivity index (χ1n) is 5.75. The number of hydrogen-bond acceptors (Lipinski definition) is 2. The van der Waals surface area contributed by atoms with Crippen molar-refractivity contribution in [3.8, 4) is 0 Å². The number of likely N-dealkylation sites (tertiary alicyclic amines) is 1. The fourth-order valence-corrected chi connectivity index (χ4v) is 2.28. The van der Waals surface area contributed by atoms with Crippen molar-refractivity contribution in [2.75, 3.05) is 13.1 Å². The maximum atomic E-state index is 12.1. The molecule has 0 bridgehead atoms. The molecule has 1 amide bonds. The first-order valence-corrected chi connectivity index (χ1v) is 6.15. The lowest BCUT2D eigenvalue weighted by Gasteiger charge is -2.24. The van der Waals surface area contributed by atoms with Crippen LogP contribution in [-0.2, 0) is 4.79 Å². The van der Waals surface area contributed by atoms with Crippen LogP contribution in [0.3, 0.4) is 0 Å². The second-order valence-electron chi connectivity index (χ2n) is 4.10. The van der Waals surface area contributed by atoms with Crippen molar-refractivity contribution in [1.29, 1.82) is 0 Å². The summed E-state index contributed by atoms with van der Waals surface area (Å²) in [5.41, 5.74) is 5.58. The molecular formula is C11H20N2OS. The molecular weight excluding hydrogens is 208 g/mol. The molecule has 1 rings (SSSR count). The van der Waals surface area contributed by atoms with Crippen LogP contribution in [0.1, 0.15) is 39.0 Å². The summed E-state index contributed by atoms with van der Waals surface area (Å²) in [5.74, 6) is -0.120. The lowest BCUT2D eigenvalue weighted by atomic mass is 10.1. The molecule has 15 heavy (non-hydrogen) atoms. The molecule has 2 N–H and O–H groups in total. The van der Waals surface area contributed by atoms with Crippen LogP contribution < -0.4 is 5.73 Å². The van der Waals surface area contributed by atoms with Crippen LogP contribution in [0.4, 0.5) is 0 Å². The molecule has 1 unspecified atom stereocenters. The molecule has 1 fully saturated rings. The van der Waals surface area contributed by atoms with Crippen molar-refractivity contribution in [1.82, 2.24) is 4.90 Å². The van der Waals surface area contributed by atoms with Crippen LogP contribution in [0.2, 0.25) is 0 Å². The number of amides is 1. The molecule has 0 radical (unpaired) electrons. The third-order valence-electron chi connectivity index (χ3n) is 2.97. The Balaban J connectivity index is 2.59. The molecule has 1 aliphatic heterocycles. The Morgan fingerprint density at radius 3 is 2.27 bits per heavy atom. The summed E-state index contributed by atoms with van der Waals surface area (Å²) in [5, 5.41) is 0. The molecule has 0 saturated carbocycles. The van der Waals surface area contributed by atoms with Gasteiger partial charge in [0, 0.05) is 13.1 Å². The molecule has 4 heteroatoms. The van der Waals surface area contributed by atoms with Crippen LogP contribution in [-0.4, -0.2) is 28.9 Å². The predicted molar refractivity (Wildman–Crippen MR) is 65.6 cm³/mol. The summed E-state index contributed by atoms with van der Waals surface area (Å²) in [6.07, 6.45) is 5.39. The lowest BCUT2D eigenvalue weighted by molar-refractivity contribution is -0.133. The highest BCUT2D eigenvalue weighted by atomic mass is 32.1. The Bertz CT molecular complexity index is 235. The molecule has 0 spiro atoms. The van der Waals surface area contributed by atoms with E-state index >= 15 is 0 Å². The second-order valence-corrected chi connectivity index (χ2v) is 4.57. The molecule has 0 aliphatic carbocycles. The third kappa shape index (κ3) is 3.45. The first-order chi connectivity index (χ1) is 7.16. The van der Waals surface area contributed by atoms with Gasteiger partial charge in [0.2, 0.25) is 5.91 Å². The van der Waals surface area contributed by atoms with Gasteiger partial charge in [-0.05, 0) is 19.3 Å². The van der Waals surface area contributed by atoms with Gasteiger partial charge in [-0.15, -0.1) is 0 Å². The van der Waals surface area contributed by atoms with Gasteiger partial charge in [0.25, 0.3) is 0 Å². The summed E-state index contributed by atoms with van der Waals surface area (Å²) >= 11 is 4.93. The van der Waals surface area contributed by atoms with Crippen LogP contribution >= 0.6 is 12.2 Å². The van der Waals surface area contributed by atoms with E-state index in [0.717, 1.165) is 25.9 Å². The zero-order valence-corrected chi connectivity index (χ0v) is 10.2. The van der Waals surface area contributed by atoms with Gasteiger partial charge in [0.15, 0.2) is 0 Å². The molecule has 3 nitrogen and oxygen atoms in total. The predicted octanol–water partition coefficient (Wildman–Crippen LogP) is 1.70. The average Bonchev–Trinajstić information content (AvgIpc) is 2.45. The third-order valence-corrected chi connectivity index (χ3v) is 3.25. The summed E-state index contributed by atoms with van der Waals surface area (Å²) in [4.78, 5) is 14.4. The number of nitrogens with two attached hydrogens (primary N) is 1. The fraction of sp³-hybridized carbons (Fsp3) is 0.818. The Labute approximate surface area is 97.0 Å². The Kier molecular flexibility index (Phi) is 5.02. The first kappa shape index (κ1) is 12.4. The van der Waals surface area contributed by atoms with E-state index in [1.165, 1.54) is 12.8 Å². The van der Waals surface area contributed by atoms with Crippen molar-refractivity contribution in [2.24, 2.45) is 11.7 Å². The Hall–Kier alpha value is -0.640. The van der Waals surface area contributed by atoms with Crippen molar-refractivity contribution in [3.05, 3.63) is 0 Å². The van der Waals surface area contributed by atoms with Gasteiger partial charge in [-0.25, -0.2) is 0 Å². The maximum Gasteiger partial charge on any atom is 0.232 e. The number of thiocarbonyl (C=S) groups is 1. The standard InChI is InChI=1S/C11H20N2OS/c1-2-9(10(12)15)11(14)13-7-5-3-4-6-8-13/h9H,2-8H2,1H3,(H2,12,15). The molecule has 1 aliphatic rings. The Morgan fingerprint density at radius 1 is 1.33 bits per heavy atom. The molecule has 0 aromatic rings. The van der Waals surface area contributed by atoms with Gasteiger partial charge in [-0.2, -0.15) is 0 Å². The second kappa shape index (κ2) is 6.05. The minimum Gasteiger partial charge on any atom is -0.393 e. The highest BCUT2D eigenvalue weighted by Gasteiger charge is 2.25. The van der Waals surface area contributed by atoms with Crippen molar-refractivity contribution >= 4 is 23.1 Å². The van der Waals surface area contributed by atoms with Crippen LogP contribution in [0.15, 0.2) is 0 Å². The van der Waals surface area contributed by atoms with E-state index in [1.807, 2.05) is 11.8 Å². The highest BCUT2D eigenvalue weighted by Crippen LogP contribution is 2.14. The molecule has 0 aromatic carbocycles. The van der Waals surface area contributed by atoms with Crippen molar-refractivity contribution in [3.63, 3.8) is 0 Å². The smallest absolute Gasteiger partial charge is 0.232 e. The minimum absolute atomic E-state index is 0.131. The van der Waals surface area contributed by atoms with Crippen molar-refractivity contribution < 1.29 is 4.79 Å². The number of rotatable bonds is 3. The number of carbonyl (C=O) groups is 1. The van der Waals surface area contributed by atoms with E-state index in [4.69, 9.17) is 18.0 Å². The number of carbonyl (C=O) groups excluding carboxylic acids is 1. The summed E-state index contributed by atoms with van der Waals surface area (Å²) < 4.78 is 0. The minimum atomic E-state index is -0.252. The summed E-state index contributed by atoms with van der Waals surface area (Å²) in [7, 11) is 0. The maximum absolute atomic E-state index is 12.1. The number of nitrogens with zero attached hydrogens (tertiary/aromatic N) is 1. The van der Waals surface area contributed by atoms with E-state index in [9.17, 15) is 4.79 Å². The zero-order valence-electron chi connectivity index (χ0n) is 9.37. The van der Waals surface area contributed by atoms with Gasteiger partial charge in [-0.3, -0.25) is 4.79 Å². The monoisotopic (exact) mass is 228 g/mol. The molecule has 1 saturated heterocycles. The highest BCUT2D eigenvalue weighted by molar-refractivity contribution is 7.80. The molecule has 1 heterocycles. The van der Waals surface area contributed by atoms with Gasteiger partial charge in [0.1, 0.15) is 0 Å². The lowest BCUT2D eigenvalue weighted by Crippen LogP contribution is -2.41.